The second-order valence-electron chi connectivity index (χ2n) is 7.01. The normalized spacial score (nSPS) is 10.6. The van der Waals surface area contributed by atoms with Gasteiger partial charge in [0, 0.05) is 41.8 Å². The fourth-order valence-electron chi connectivity index (χ4n) is 3.21. The Bertz CT molecular complexity index is 960. The summed E-state index contributed by atoms with van der Waals surface area (Å²) in [6, 6.07) is 13.1. The lowest BCUT2D eigenvalue weighted by atomic mass is 10.1. The van der Waals surface area contributed by atoms with Crippen molar-refractivity contribution in [3.8, 4) is 5.75 Å². The molecule has 6 nitrogen and oxygen atoms in total. The van der Waals surface area contributed by atoms with Crippen LogP contribution in [0.4, 0.5) is 10.5 Å². The number of amides is 2. The van der Waals surface area contributed by atoms with Crippen molar-refractivity contribution in [2.24, 2.45) is 0 Å². The van der Waals surface area contributed by atoms with Crippen molar-refractivity contribution in [1.82, 2.24) is 14.5 Å². The summed E-state index contributed by atoms with van der Waals surface area (Å²) in [5.74, 6) is 0.801. The summed E-state index contributed by atoms with van der Waals surface area (Å²) >= 11 is 6.04. The first-order valence-electron chi connectivity index (χ1n) is 10.1. The van der Waals surface area contributed by atoms with E-state index in [1.807, 2.05) is 65.9 Å². The Morgan fingerprint density at radius 1 is 1.27 bits per heavy atom. The highest BCUT2D eigenvalue weighted by Gasteiger charge is 2.17. The van der Waals surface area contributed by atoms with Crippen LogP contribution in [0.2, 0.25) is 5.02 Å². The molecular formula is C23H27ClN4O2. The number of halogens is 1. The summed E-state index contributed by atoms with van der Waals surface area (Å²) in [5.41, 5.74) is 2.65. The molecule has 1 N–H and O–H groups in total. The van der Waals surface area contributed by atoms with Gasteiger partial charge in [0.05, 0.1) is 19.5 Å². The number of nitrogens with zero attached hydrogens (tertiary/aromatic N) is 3. The molecule has 0 fully saturated rings. The number of anilines is 1. The smallest absolute Gasteiger partial charge is 0.322 e. The molecule has 3 rings (SSSR count). The number of ether oxygens (including phenoxy) is 1. The molecule has 0 bridgehead atoms. The van der Waals surface area contributed by atoms with Crippen LogP contribution in [0.15, 0.2) is 61.2 Å². The molecule has 158 valence electrons. The molecule has 1 heterocycles. The van der Waals surface area contributed by atoms with E-state index < -0.39 is 0 Å². The SMILES string of the molecule is CCOc1ccccc1CN(CCCn1ccnc1)C(=O)Nc1ccc(Cl)cc1C. The van der Waals surface area contributed by atoms with Gasteiger partial charge in [-0.1, -0.05) is 29.8 Å². The van der Waals surface area contributed by atoms with Crippen LogP contribution >= 0.6 is 11.6 Å². The first kappa shape index (κ1) is 21.7. The highest BCUT2D eigenvalue weighted by molar-refractivity contribution is 6.30. The number of benzene rings is 2. The summed E-state index contributed by atoms with van der Waals surface area (Å²) in [4.78, 5) is 19.0. The molecule has 0 aliphatic carbocycles. The molecule has 0 aliphatic heterocycles. The summed E-state index contributed by atoms with van der Waals surface area (Å²) < 4.78 is 7.75. The number of carbonyl (C=O) groups excluding carboxylic acids is 1. The predicted octanol–water partition coefficient (Wildman–Crippen LogP) is 5.37. The minimum atomic E-state index is -0.155. The number of rotatable bonds is 9. The van der Waals surface area contributed by atoms with Crippen LogP contribution in [0.25, 0.3) is 0 Å². The van der Waals surface area contributed by atoms with Gasteiger partial charge < -0.3 is 19.5 Å². The van der Waals surface area contributed by atoms with E-state index in [9.17, 15) is 4.79 Å². The van der Waals surface area contributed by atoms with Gasteiger partial charge in [0.1, 0.15) is 5.75 Å². The topological polar surface area (TPSA) is 59.4 Å². The van der Waals surface area contributed by atoms with Crippen LogP contribution in [0.1, 0.15) is 24.5 Å². The summed E-state index contributed by atoms with van der Waals surface area (Å²) in [5, 5.41) is 3.67. The van der Waals surface area contributed by atoms with Gasteiger partial charge in [-0.15, -0.1) is 0 Å². The largest absolute Gasteiger partial charge is 0.494 e. The Balaban J connectivity index is 1.74. The number of hydrogen-bond donors (Lipinski definition) is 1. The highest BCUT2D eigenvalue weighted by atomic mass is 35.5. The van der Waals surface area contributed by atoms with E-state index in [0.717, 1.165) is 35.5 Å². The maximum Gasteiger partial charge on any atom is 0.322 e. The van der Waals surface area contributed by atoms with Gasteiger partial charge in [-0.2, -0.15) is 0 Å². The molecule has 1 aromatic heterocycles. The number of urea groups is 1. The Kier molecular flexibility index (Phi) is 7.74. The molecule has 30 heavy (non-hydrogen) atoms. The maximum absolute atomic E-state index is 13.1. The third-order valence-corrected chi connectivity index (χ3v) is 4.99. The standard InChI is InChI=1S/C23H27ClN4O2/c1-3-30-22-8-5-4-7-19(22)16-28(13-6-12-27-14-11-25-17-27)23(29)26-21-10-9-20(24)15-18(21)2/h4-5,7-11,14-15,17H,3,6,12-13,16H2,1-2H3,(H,26,29). The van der Waals surface area contributed by atoms with Gasteiger partial charge in [0.25, 0.3) is 0 Å². The molecule has 2 amide bonds. The fraction of sp³-hybridized carbons (Fsp3) is 0.304. The molecule has 0 atom stereocenters. The van der Waals surface area contributed by atoms with Crippen LogP contribution in [0.3, 0.4) is 0 Å². The lowest BCUT2D eigenvalue weighted by molar-refractivity contribution is 0.206. The number of para-hydroxylation sites is 1. The van der Waals surface area contributed by atoms with Crippen molar-refractivity contribution >= 4 is 23.3 Å². The van der Waals surface area contributed by atoms with Gasteiger partial charge >= 0.3 is 6.03 Å². The zero-order valence-electron chi connectivity index (χ0n) is 17.3. The van der Waals surface area contributed by atoms with Crippen molar-refractivity contribution in [2.45, 2.75) is 33.4 Å². The van der Waals surface area contributed by atoms with E-state index in [-0.39, 0.29) is 6.03 Å². The van der Waals surface area contributed by atoms with Crippen molar-refractivity contribution in [1.29, 1.82) is 0 Å². The highest BCUT2D eigenvalue weighted by Crippen LogP contribution is 2.23. The average molecular weight is 427 g/mol. The third kappa shape index (κ3) is 6.00. The quantitative estimate of drug-likeness (QED) is 0.500. The number of carbonyl (C=O) groups is 1. The van der Waals surface area contributed by atoms with E-state index >= 15 is 0 Å². The maximum atomic E-state index is 13.1. The van der Waals surface area contributed by atoms with Crippen LogP contribution < -0.4 is 10.1 Å². The summed E-state index contributed by atoms with van der Waals surface area (Å²) in [6.07, 6.45) is 6.27. The first-order valence-corrected chi connectivity index (χ1v) is 10.4. The second-order valence-corrected chi connectivity index (χ2v) is 7.44. The molecule has 0 saturated heterocycles. The first-order chi connectivity index (χ1) is 14.6. The lowest BCUT2D eigenvalue weighted by Gasteiger charge is -2.25. The molecule has 0 saturated carbocycles. The monoisotopic (exact) mass is 426 g/mol. The van der Waals surface area contributed by atoms with E-state index in [4.69, 9.17) is 16.3 Å². The number of aryl methyl sites for hydroxylation is 2. The summed E-state index contributed by atoms with van der Waals surface area (Å²) in [7, 11) is 0. The van der Waals surface area contributed by atoms with Gasteiger partial charge in [0.15, 0.2) is 0 Å². The van der Waals surface area contributed by atoms with Gasteiger partial charge in [-0.3, -0.25) is 0 Å². The van der Waals surface area contributed by atoms with Gasteiger partial charge in [-0.25, -0.2) is 9.78 Å². The molecule has 2 aromatic carbocycles. The lowest BCUT2D eigenvalue weighted by Crippen LogP contribution is -2.36. The minimum Gasteiger partial charge on any atom is -0.494 e. The average Bonchev–Trinajstić information content (AvgIpc) is 3.24. The number of aromatic nitrogens is 2. The zero-order chi connectivity index (χ0) is 21.3. The van der Waals surface area contributed by atoms with E-state index in [2.05, 4.69) is 10.3 Å². The Labute approximate surface area is 182 Å². The van der Waals surface area contributed by atoms with Crippen LogP contribution in [0.5, 0.6) is 5.75 Å². The number of hydrogen-bond acceptors (Lipinski definition) is 3. The van der Waals surface area contributed by atoms with E-state index in [0.29, 0.717) is 24.7 Å². The zero-order valence-corrected chi connectivity index (χ0v) is 18.1. The Morgan fingerprint density at radius 2 is 2.10 bits per heavy atom. The minimum absolute atomic E-state index is 0.155. The molecule has 7 heteroatoms. The van der Waals surface area contributed by atoms with Crippen molar-refractivity contribution < 1.29 is 9.53 Å². The Hall–Kier alpha value is -2.99. The molecule has 0 aliphatic rings. The van der Waals surface area contributed by atoms with Crippen molar-refractivity contribution in [2.75, 3.05) is 18.5 Å². The van der Waals surface area contributed by atoms with Crippen LogP contribution in [-0.2, 0) is 13.1 Å². The predicted molar refractivity (Wildman–Crippen MR) is 120 cm³/mol. The second kappa shape index (κ2) is 10.7. The molecule has 0 spiro atoms. The van der Waals surface area contributed by atoms with Gasteiger partial charge in [-0.05, 0) is 50.1 Å². The molecule has 3 aromatic rings. The van der Waals surface area contributed by atoms with Crippen LogP contribution in [-0.4, -0.2) is 33.6 Å². The molecular weight excluding hydrogens is 400 g/mol. The third-order valence-electron chi connectivity index (χ3n) is 4.75. The number of imidazole rings is 1. The molecule has 0 unspecified atom stereocenters. The van der Waals surface area contributed by atoms with Crippen molar-refractivity contribution in [3.63, 3.8) is 0 Å². The number of nitrogens with one attached hydrogen (secondary N) is 1. The summed E-state index contributed by atoms with van der Waals surface area (Å²) in [6.45, 7) is 6.30. The van der Waals surface area contributed by atoms with Gasteiger partial charge in [0.2, 0.25) is 0 Å². The van der Waals surface area contributed by atoms with Crippen molar-refractivity contribution in [3.05, 3.63) is 77.3 Å². The Morgan fingerprint density at radius 3 is 2.83 bits per heavy atom. The van der Waals surface area contributed by atoms with E-state index in [1.165, 1.54) is 0 Å². The molecule has 0 radical (unpaired) electrons. The van der Waals surface area contributed by atoms with Crippen LogP contribution in [0, 0.1) is 6.92 Å². The fourth-order valence-corrected chi connectivity index (χ4v) is 3.44. The van der Waals surface area contributed by atoms with E-state index in [1.54, 1.807) is 18.6 Å².